The molecule has 1 aliphatic rings. The minimum atomic E-state index is -4.74. The van der Waals surface area contributed by atoms with E-state index in [2.05, 4.69) is 0 Å². The Morgan fingerprint density at radius 3 is 2.46 bits per heavy atom. The summed E-state index contributed by atoms with van der Waals surface area (Å²) >= 11 is 8.03. The summed E-state index contributed by atoms with van der Waals surface area (Å²) in [5, 5.41) is 1.69. The van der Waals surface area contributed by atoms with Crippen molar-refractivity contribution in [3.8, 4) is 11.5 Å². The third kappa shape index (κ3) is 5.89. The lowest BCUT2D eigenvalue weighted by Crippen LogP contribution is -2.54. The van der Waals surface area contributed by atoms with Crippen LogP contribution in [0.5, 0.6) is 11.5 Å². The molecule has 0 aromatic heterocycles. The normalized spacial score (nSPS) is 15.6. The molecule has 0 spiro atoms. The number of benzene rings is 2. The first-order chi connectivity index (χ1) is 16.3. The molecule has 1 fully saturated rings. The Morgan fingerprint density at radius 1 is 1.17 bits per heavy atom. The summed E-state index contributed by atoms with van der Waals surface area (Å²) in [6.07, 6.45) is -3.67. The second kappa shape index (κ2) is 10.4. The maximum absolute atomic E-state index is 13.2. The Balaban J connectivity index is 2.08. The highest BCUT2D eigenvalue weighted by molar-refractivity contribution is 14.1. The molecule has 0 bridgehead atoms. The van der Waals surface area contributed by atoms with Crippen LogP contribution in [0.15, 0.2) is 35.9 Å². The van der Waals surface area contributed by atoms with Crippen LogP contribution < -0.4 is 19.7 Å². The Morgan fingerprint density at radius 2 is 1.86 bits per heavy atom. The number of anilines is 1. The van der Waals surface area contributed by atoms with Crippen LogP contribution in [0.2, 0.25) is 5.02 Å². The van der Waals surface area contributed by atoms with Crippen molar-refractivity contribution in [2.24, 2.45) is 0 Å². The number of alkyl halides is 3. The highest BCUT2D eigenvalue weighted by atomic mass is 127. The zero-order valence-corrected chi connectivity index (χ0v) is 21.5. The Hall–Kier alpha value is -2.80. The first-order valence-corrected chi connectivity index (χ1v) is 11.7. The predicted octanol–water partition coefficient (Wildman–Crippen LogP) is 5.82. The number of barbiturate groups is 1. The third-order valence-electron chi connectivity index (χ3n) is 4.61. The first kappa shape index (κ1) is 26.8. The van der Waals surface area contributed by atoms with Crippen LogP contribution in [-0.2, 0) is 15.8 Å². The quantitative estimate of drug-likeness (QED) is 0.250. The van der Waals surface area contributed by atoms with Crippen LogP contribution in [0, 0.1) is 3.57 Å². The van der Waals surface area contributed by atoms with Gasteiger partial charge in [0, 0.05) is 0 Å². The fourth-order valence-corrected chi connectivity index (χ4v) is 4.14. The molecule has 0 aliphatic carbocycles. The van der Waals surface area contributed by atoms with Crippen molar-refractivity contribution in [2.75, 3.05) is 11.5 Å². The van der Waals surface area contributed by atoms with Crippen molar-refractivity contribution in [1.29, 1.82) is 0 Å². The number of hydrogen-bond donors (Lipinski definition) is 1. The van der Waals surface area contributed by atoms with Gasteiger partial charge in [-0.1, -0.05) is 11.6 Å². The molecule has 0 saturated carbocycles. The van der Waals surface area contributed by atoms with E-state index in [1.54, 1.807) is 19.1 Å². The van der Waals surface area contributed by atoms with Gasteiger partial charge in [0.15, 0.2) is 11.5 Å². The average Bonchev–Trinajstić information content (AvgIpc) is 2.74. The predicted molar refractivity (Wildman–Crippen MR) is 132 cm³/mol. The first-order valence-electron chi connectivity index (χ1n) is 10.2. The Bertz CT molecular complexity index is 1230. The highest BCUT2D eigenvalue weighted by Crippen LogP contribution is 2.38. The number of carbonyl (C=O) groups excluding carboxylic acids is 3. The Labute approximate surface area is 217 Å². The van der Waals surface area contributed by atoms with Gasteiger partial charge in [-0.25, -0.2) is 9.69 Å². The maximum Gasteiger partial charge on any atom is 0.416 e. The molecule has 2 aromatic carbocycles. The molecule has 3 rings (SSSR count). The summed E-state index contributed by atoms with van der Waals surface area (Å²) in [6, 6.07) is 4.18. The van der Waals surface area contributed by atoms with Gasteiger partial charge in [-0.05, 0) is 85.3 Å². The van der Waals surface area contributed by atoms with Crippen LogP contribution in [0.4, 0.5) is 23.7 Å². The van der Waals surface area contributed by atoms with Gasteiger partial charge >= 0.3 is 12.2 Å². The number of carbonyl (C=O) groups is 3. The molecule has 7 nitrogen and oxygen atoms in total. The molecule has 0 unspecified atom stereocenters. The average molecular weight is 623 g/mol. The number of amides is 4. The van der Waals surface area contributed by atoms with E-state index < -0.39 is 40.8 Å². The van der Waals surface area contributed by atoms with Gasteiger partial charge in [0.25, 0.3) is 11.8 Å². The van der Waals surface area contributed by atoms with Crippen LogP contribution in [-0.4, -0.2) is 30.6 Å². The second-order valence-electron chi connectivity index (χ2n) is 7.55. The van der Waals surface area contributed by atoms with E-state index in [0.717, 1.165) is 12.1 Å². The molecule has 35 heavy (non-hydrogen) atoms. The van der Waals surface area contributed by atoms with Gasteiger partial charge in [0.1, 0.15) is 5.57 Å². The van der Waals surface area contributed by atoms with E-state index in [-0.39, 0.29) is 11.1 Å². The van der Waals surface area contributed by atoms with E-state index in [0.29, 0.717) is 38.2 Å². The minimum Gasteiger partial charge on any atom is -0.490 e. The molecule has 1 N–H and O–H groups in total. The van der Waals surface area contributed by atoms with Gasteiger partial charge < -0.3 is 9.47 Å². The van der Waals surface area contributed by atoms with Crippen LogP contribution in [0.25, 0.3) is 6.08 Å². The van der Waals surface area contributed by atoms with Gasteiger partial charge in [-0.15, -0.1) is 0 Å². The van der Waals surface area contributed by atoms with Crippen LogP contribution in [0.1, 0.15) is 31.9 Å². The largest absolute Gasteiger partial charge is 0.490 e. The molecule has 0 atom stereocenters. The number of nitrogens with one attached hydrogen (secondary N) is 1. The van der Waals surface area contributed by atoms with E-state index in [1.165, 1.54) is 6.08 Å². The molecule has 1 saturated heterocycles. The Kier molecular flexibility index (Phi) is 8.00. The van der Waals surface area contributed by atoms with Crippen LogP contribution in [0.3, 0.4) is 0 Å². The number of rotatable bonds is 6. The molecular formula is C23H19ClF3IN2O5. The number of imide groups is 2. The smallest absolute Gasteiger partial charge is 0.416 e. The monoisotopic (exact) mass is 622 g/mol. The number of halogens is 5. The molecule has 12 heteroatoms. The zero-order chi connectivity index (χ0) is 26.1. The maximum atomic E-state index is 13.2. The molecular weight excluding hydrogens is 604 g/mol. The van der Waals surface area contributed by atoms with Crippen molar-refractivity contribution in [1.82, 2.24) is 5.32 Å². The fraction of sp³-hybridized carbons (Fsp3) is 0.261. The lowest BCUT2D eigenvalue weighted by atomic mass is 10.1. The zero-order valence-electron chi connectivity index (χ0n) is 18.6. The lowest BCUT2D eigenvalue weighted by Gasteiger charge is -2.27. The summed E-state index contributed by atoms with van der Waals surface area (Å²) in [6.45, 7) is 5.78. The summed E-state index contributed by atoms with van der Waals surface area (Å²) in [5.74, 6) is -1.28. The van der Waals surface area contributed by atoms with Gasteiger partial charge in [0.2, 0.25) is 0 Å². The minimum absolute atomic E-state index is 0.144. The molecule has 1 heterocycles. The van der Waals surface area contributed by atoms with E-state index >= 15 is 0 Å². The van der Waals surface area contributed by atoms with Gasteiger partial charge in [-0.3, -0.25) is 14.9 Å². The van der Waals surface area contributed by atoms with Crippen molar-refractivity contribution >= 4 is 63.8 Å². The van der Waals surface area contributed by atoms with Crippen molar-refractivity contribution in [3.63, 3.8) is 0 Å². The molecule has 4 amide bonds. The summed E-state index contributed by atoms with van der Waals surface area (Å²) in [5.41, 5.74) is -1.73. The van der Waals surface area contributed by atoms with Crippen LogP contribution >= 0.6 is 34.2 Å². The third-order valence-corrected chi connectivity index (χ3v) is 5.73. The summed E-state index contributed by atoms with van der Waals surface area (Å²) in [4.78, 5) is 38.5. The van der Waals surface area contributed by atoms with E-state index in [1.807, 2.05) is 41.8 Å². The number of nitrogens with zero attached hydrogens (tertiary/aromatic N) is 1. The second-order valence-corrected chi connectivity index (χ2v) is 9.12. The van der Waals surface area contributed by atoms with Gasteiger partial charge in [-0.2, -0.15) is 13.2 Å². The fourth-order valence-electron chi connectivity index (χ4n) is 3.19. The number of ether oxygens (including phenoxy) is 2. The van der Waals surface area contributed by atoms with Crippen molar-refractivity contribution in [3.05, 3.63) is 55.6 Å². The van der Waals surface area contributed by atoms with E-state index in [4.69, 9.17) is 21.1 Å². The molecule has 1 aliphatic heterocycles. The van der Waals surface area contributed by atoms with Gasteiger partial charge in [0.05, 0.1) is 32.6 Å². The number of urea groups is 1. The summed E-state index contributed by atoms with van der Waals surface area (Å²) in [7, 11) is 0. The molecule has 2 aromatic rings. The molecule has 0 radical (unpaired) electrons. The van der Waals surface area contributed by atoms with Crippen molar-refractivity contribution < 1.29 is 37.0 Å². The topological polar surface area (TPSA) is 84.9 Å². The van der Waals surface area contributed by atoms with E-state index in [9.17, 15) is 27.6 Å². The lowest BCUT2D eigenvalue weighted by molar-refractivity contribution is -0.137. The standard InChI is InChI=1S/C23H19ClF3IN2O5/c1-4-34-18-9-12(8-16(28)19(18)35-11(2)3)7-14-20(31)29-22(33)30(21(14)32)17-10-13(23(25,26)27)5-6-15(17)24/h5-11H,4H2,1-3H3,(H,29,31,33)/b14-7-. The summed E-state index contributed by atoms with van der Waals surface area (Å²) < 4.78 is 51.7. The number of hydrogen-bond acceptors (Lipinski definition) is 5. The highest BCUT2D eigenvalue weighted by Gasteiger charge is 2.39. The molecule has 186 valence electrons. The van der Waals surface area contributed by atoms with Crippen molar-refractivity contribution in [2.45, 2.75) is 33.1 Å². The SMILES string of the molecule is CCOc1cc(/C=C2/C(=O)NC(=O)N(c3cc(C(F)(F)F)ccc3Cl)C2=O)cc(I)c1OC(C)C.